The average molecular weight is 267 g/mol. The highest BCUT2D eigenvalue weighted by Gasteiger charge is 2.27. The highest BCUT2D eigenvalue weighted by atomic mass is 79.9. The van der Waals surface area contributed by atoms with E-state index in [9.17, 15) is 0 Å². The first-order valence-electron chi connectivity index (χ1n) is 5.55. The summed E-state index contributed by atoms with van der Waals surface area (Å²) in [6.45, 7) is 4.70. The molecule has 0 bridgehead atoms. The van der Waals surface area contributed by atoms with Crippen LogP contribution in [0.1, 0.15) is 11.1 Å². The first-order valence-corrected chi connectivity index (χ1v) is 6.34. The quantitative estimate of drug-likeness (QED) is 0.834. The molecule has 2 nitrogen and oxygen atoms in total. The number of hydrogen-bond donors (Lipinski definition) is 1. The van der Waals surface area contributed by atoms with Crippen LogP contribution in [0.25, 0.3) is 0 Å². The molecule has 0 aliphatic carbocycles. The highest BCUT2D eigenvalue weighted by Crippen LogP contribution is 2.24. The molecular weight excluding hydrogens is 252 g/mol. The number of nitrogens with zero attached hydrogens (tertiary/aromatic N) is 1. The van der Waals surface area contributed by atoms with Gasteiger partial charge in [-0.3, -0.25) is 4.90 Å². The van der Waals surface area contributed by atoms with Crippen LogP contribution in [0.4, 0.5) is 0 Å². The minimum atomic E-state index is 0.779. The van der Waals surface area contributed by atoms with Crippen molar-refractivity contribution in [1.82, 2.24) is 10.2 Å². The second-order valence-corrected chi connectivity index (χ2v) is 5.36. The third-order valence-corrected chi connectivity index (χ3v) is 3.98. The predicted octanol–water partition coefficient (Wildman–Crippen LogP) is 1.78. The molecule has 0 radical (unpaired) electrons. The van der Waals surface area contributed by atoms with Crippen LogP contribution in [0.2, 0.25) is 0 Å². The Labute approximate surface area is 98.8 Å². The Hall–Kier alpha value is -0.380. The van der Waals surface area contributed by atoms with E-state index in [1.54, 1.807) is 0 Å². The second-order valence-electron chi connectivity index (χ2n) is 4.45. The van der Waals surface area contributed by atoms with Gasteiger partial charge in [-0.15, -0.1) is 0 Å². The maximum Gasteiger partial charge on any atom is 0.0349 e. The Balaban J connectivity index is 1.80. The Morgan fingerprint density at radius 1 is 1.27 bits per heavy atom. The van der Waals surface area contributed by atoms with E-state index >= 15 is 0 Å². The van der Waals surface area contributed by atoms with Crippen molar-refractivity contribution in [3.8, 4) is 0 Å². The monoisotopic (exact) mass is 266 g/mol. The molecule has 0 aromatic heterocycles. The molecule has 1 aromatic rings. The van der Waals surface area contributed by atoms with Crippen LogP contribution in [0, 0.1) is 0 Å². The summed E-state index contributed by atoms with van der Waals surface area (Å²) in [5.74, 6) is 0. The van der Waals surface area contributed by atoms with Gasteiger partial charge in [0.1, 0.15) is 0 Å². The molecule has 0 saturated carbocycles. The minimum Gasteiger partial charge on any atom is -0.314 e. The maximum atomic E-state index is 3.54. The van der Waals surface area contributed by atoms with Crippen molar-refractivity contribution >= 4 is 15.9 Å². The molecule has 3 heteroatoms. The number of fused-ring (bicyclic) bond motifs is 1. The normalized spacial score (nSPS) is 22.2. The first-order chi connectivity index (χ1) is 7.33. The molecule has 2 heterocycles. The maximum absolute atomic E-state index is 3.54. The van der Waals surface area contributed by atoms with Crippen LogP contribution >= 0.6 is 15.9 Å². The highest BCUT2D eigenvalue weighted by molar-refractivity contribution is 9.10. The molecule has 15 heavy (non-hydrogen) atoms. The number of nitrogens with one attached hydrogen (secondary N) is 1. The smallest absolute Gasteiger partial charge is 0.0349 e. The molecule has 0 amide bonds. The van der Waals surface area contributed by atoms with Gasteiger partial charge < -0.3 is 5.32 Å². The zero-order chi connectivity index (χ0) is 10.3. The van der Waals surface area contributed by atoms with Gasteiger partial charge in [-0.25, -0.2) is 0 Å². The van der Waals surface area contributed by atoms with Crippen molar-refractivity contribution in [2.24, 2.45) is 0 Å². The van der Waals surface area contributed by atoms with E-state index < -0.39 is 0 Å². The molecule has 1 N–H and O–H groups in total. The summed E-state index contributed by atoms with van der Waals surface area (Å²) in [6, 6.07) is 7.46. The molecule has 3 rings (SSSR count). The fourth-order valence-electron chi connectivity index (χ4n) is 2.39. The van der Waals surface area contributed by atoms with Gasteiger partial charge in [0.05, 0.1) is 0 Å². The van der Waals surface area contributed by atoms with Crippen LogP contribution < -0.4 is 5.32 Å². The predicted molar refractivity (Wildman–Crippen MR) is 64.9 cm³/mol. The molecule has 1 saturated heterocycles. The second kappa shape index (κ2) is 3.89. The summed E-state index contributed by atoms with van der Waals surface area (Å²) in [6.07, 6.45) is 1.20. The lowest BCUT2D eigenvalue weighted by molar-refractivity contribution is 0.131. The molecule has 2 aliphatic heterocycles. The van der Waals surface area contributed by atoms with Crippen molar-refractivity contribution in [2.45, 2.75) is 19.0 Å². The largest absolute Gasteiger partial charge is 0.314 e. The van der Waals surface area contributed by atoms with Crippen molar-refractivity contribution in [3.63, 3.8) is 0 Å². The number of benzene rings is 1. The van der Waals surface area contributed by atoms with Gasteiger partial charge in [0.25, 0.3) is 0 Å². The van der Waals surface area contributed by atoms with Crippen molar-refractivity contribution in [3.05, 3.63) is 33.8 Å². The van der Waals surface area contributed by atoms with E-state index in [0.717, 1.165) is 12.6 Å². The molecule has 0 unspecified atom stereocenters. The van der Waals surface area contributed by atoms with Gasteiger partial charge in [-0.05, 0) is 29.7 Å². The number of hydrogen-bond acceptors (Lipinski definition) is 2. The third-order valence-electron chi connectivity index (χ3n) is 3.49. The molecule has 1 aromatic carbocycles. The number of rotatable bonds is 1. The summed E-state index contributed by atoms with van der Waals surface area (Å²) in [5.41, 5.74) is 3.03. The lowest BCUT2D eigenvalue weighted by Gasteiger charge is -2.40. The Morgan fingerprint density at radius 3 is 2.87 bits per heavy atom. The van der Waals surface area contributed by atoms with Crippen molar-refractivity contribution in [1.29, 1.82) is 0 Å². The Kier molecular flexibility index (Phi) is 2.54. The van der Waals surface area contributed by atoms with Crippen LogP contribution in [0.15, 0.2) is 22.7 Å². The first kappa shape index (κ1) is 9.82. The molecule has 2 aliphatic rings. The lowest BCUT2D eigenvalue weighted by atomic mass is 9.97. The standard InChI is InChI=1S/C12H15BrN2/c13-11-2-1-10-8-15(12-6-14-7-12)4-3-9(10)5-11/h1-2,5,12,14H,3-4,6-8H2. The van der Waals surface area contributed by atoms with Gasteiger partial charge in [-0.2, -0.15) is 0 Å². The molecule has 0 spiro atoms. The summed E-state index contributed by atoms with van der Waals surface area (Å²) in [7, 11) is 0. The SMILES string of the molecule is Brc1ccc2c(c1)CCN(C1CNC1)C2. The van der Waals surface area contributed by atoms with E-state index in [0.29, 0.717) is 0 Å². The minimum absolute atomic E-state index is 0.779. The van der Waals surface area contributed by atoms with Gasteiger partial charge in [0.15, 0.2) is 0 Å². The average Bonchev–Trinajstić information content (AvgIpc) is 2.15. The molecule has 80 valence electrons. The van der Waals surface area contributed by atoms with Crippen LogP contribution in [-0.2, 0) is 13.0 Å². The fourth-order valence-corrected chi connectivity index (χ4v) is 2.80. The number of halogens is 1. The van der Waals surface area contributed by atoms with E-state index in [1.807, 2.05) is 0 Å². The summed E-state index contributed by atoms with van der Waals surface area (Å²) >= 11 is 3.54. The van der Waals surface area contributed by atoms with Crippen LogP contribution in [0.5, 0.6) is 0 Å². The van der Waals surface area contributed by atoms with Crippen LogP contribution in [0.3, 0.4) is 0 Å². The molecule has 1 fully saturated rings. The van der Waals surface area contributed by atoms with Crippen molar-refractivity contribution in [2.75, 3.05) is 19.6 Å². The van der Waals surface area contributed by atoms with Gasteiger partial charge in [0.2, 0.25) is 0 Å². The summed E-state index contributed by atoms with van der Waals surface area (Å²) < 4.78 is 1.21. The Morgan fingerprint density at radius 2 is 2.13 bits per heavy atom. The lowest BCUT2D eigenvalue weighted by Crippen LogP contribution is -2.57. The van der Waals surface area contributed by atoms with E-state index in [-0.39, 0.29) is 0 Å². The van der Waals surface area contributed by atoms with Crippen LogP contribution in [-0.4, -0.2) is 30.6 Å². The summed E-state index contributed by atoms with van der Waals surface area (Å²) in [5, 5.41) is 3.34. The van der Waals surface area contributed by atoms with E-state index in [4.69, 9.17) is 0 Å². The zero-order valence-corrected chi connectivity index (χ0v) is 10.3. The van der Waals surface area contributed by atoms with Crippen molar-refractivity contribution < 1.29 is 0 Å². The molecular formula is C12H15BrN2. The molecule has 0 atom stereocenters. The van der Waals surface area contributed by atoms with Gasteiger partial charge in [-0.1, -0.05) is 22.0 Å². The fraction of sp³-hybridized carbons (Fsp3) is 0.500. The Bertz CT molecular complexity index is 374. The van der Waals surface area contributed by atoms with Gasteiger partial charge >= 0.3 is 0 Å². The summed E-state index contributed by atoms with van der Waals surface area (Å²) in [4.78, 5) is 2.60. The topological polar surface area (TPSA) is 15.3 Å². The van der Waals surface area contributed by atoms with E-state index in [2.05, 4.69) is 44.3 Å². The van der Waals surface area contributed by atoms with E-state index in [1.165, 1.54) is 41.7 Å². The van der Waals surface area contributed by atoms with Gasteiger partial charge in [0, 0.05) is 36.7 Å². The third kappa shape index (κ3) is 1.84. The zero-order valence-electron chi connectivity index (χ0n) is 8.67.